The van der Waals surface area contributed by atoms with Gasteiger partial charge in [0.15, 0.2) is 16.6 Å². The first-order valence-corrected chi connectivity index (χ1v) is 18.5. The Bertz CT molecular complexity index is 309. The van der Waals surface area contributed by atoms with E-state index in [4.69, 9.17) is 23.2 Å². The van der Waals surface area contributed by atoms with E-state index in [2.05, 4.69) is 45.8 Å². The third-order valence-corrected chi connectivity index (χ3v) is 12.9. The molecule has 0 atom stereocenters. The second kappa shape index (κ2) is 11.2. The first-order valence-electron chi connectivity index (χ1n) is 9.14. The highest BCUT2D eigenvalue weighted by molar-refractivity contribution is 6.87. The molecule has 146 valence electrons. The van der Waals surface area contributed by atoms with Gasteiger partial charge < -0.3 is 23.2 Å². The second-order valence-electron chi connectivity index (χ2n) is 8.58. The highest BCUT2D eigenvalue weighted by atomic mass is 28.5. The van der Waals surface area contributed by atoms with Gasteiger partial charge in [0.05, 0.1) is 13.2 Å². The lowest BCUT2D eigenvalue weighted by atomic mass is 10.2. The molecule has 0 aliphatic heterocycles. The van der Waals surface area contributed by atoms with Gasteiger partial charge in [0.2, 0.25) is 0 Å². The molecule has 24 heavy (non-hydrogen) atoms. The average molecular weight is 397 g/mol. The van der Waals surface area contributed by atoms with Crippen LogP contribution in [0.15, 0.2) is 0 Å². The van der Waals surface area contributed by atoms with Gasteiger partial charge in [-0.25, -0.2) is 0 Å². The van der Waals surface area contributed by atoms with Gasteiger partial charge in [0, 0.05) is 6.61 Å². The summed E-state index contributed by atoms with van der Waals surface area (Å²) in [5.74, 6) is 0. The quantitative estimate of drug-likeness (QED) is 0.346. The number of unbranched alkanes of at least 4 members (excludes halogenated alkanes) is 3. The van der Waals surface area contributed by atoms with Crippen LogP contribution in [0.2, 0.25) is 51.9 Å². The highest BCUT2D eigenvalue weighted by Gasteiger charge is 2.39. The third kappa shape index (κ3) is 13.7. The number of ether oxygens (including phenoxy) is 1. The summed E-state index contributed by atoms with van der Waals surface area (Å²) in [4.78, 5) is 0. The van der Waals surface area contributed by atoms with Crippen LogP contribution < -0.4 is 0 Å². The van der Waals surface area contributed by atoms with Crippen molar-refractivity contribution in [2.45, 2.75) is 83.7 Å². The van der Waals surface area contributed by atoms with Crippen LogP contribution in [-0.4, -0.2) is 61.3 Å². The predicted octanol–water partition coefficient (Wildman–Crippen LogP) is 3.69. The lowest BCUT2D eigenvalue weighted by Crippen LogP contribution is -2.52. The van der Waals surface area contributed by atoms with Crippen LogP contribution in [0.25, 0.3) is 0 Å². The van der Waals surface area contributed by atoms with E-state index in [9.17, 15) is 0 Å². The zero-order valence-corrected chi connectivity index (χ0v) is 19.9. The Balaban J connectivity index is 4.15. The Morgan fingerprint density at radius 3 is 1.58 bits per heavy atom. The number of aliphatic hydroxyl groups is 2. The molecule has 0 radical (unpaired) electrons. The molecule has 0 aliphatic rings. The smallest absolute Gasteiger partial charge is 0.314 e. The molecule has 0 amide bonds. The fraction of sp³-hybridized carbons (Fsp3) is 1.00. The van der Waals surface area contributed by atoms with Crippen molar-refractivity contribution < 1.29 is 23.2 Å². The van der Waals surface area contributed by atoms with Crippen molar-refractivity contribution in [3.8, 4) is 0 Å². The summed E-state index contributed by atoms with van der Waals surface area (Å²) < 4.78 is 18.4. The Kier molecular flexibility index (Phi) is 11.4. The molecule has 0 rings (SSSR count). The number of aliphatic hydroxyl groups excluding tert-OH is 2. The van der Waals surface area contributed by atoms with Crippen molar-refractivity contribution in [2.24, 2.45) is 0 Å². The predicted molar refractivity (Wildman–Crippen MR) is 108 cm³/mol. The van der Waals surface area contributed by atoms with Gasteiger partial charge in [-0.15, -0.1) is 0 Å². The van der Waals surface area contributed by atoms with E-state index in [1.165, 1.54) is 0 Å². The summed E-state index contributed by atoms with van der Waals surface area (Å²) in [6.45, 7) is 16.0. The van der Waals surface area contributed by atoms with E-state index < -0.39 is 31.3 Å². The molecule has 0 saturated heterocycles. The maximum atomic E-state index is 8.94. The number of rotatable bonds is 14. The zero-order valence-electron chi connectivity index (χ0n) is 16.9. The van der Waals surface area contributed by atoms with Gasteiger partial charge in [-0.2, -0.15) is 0 Å². The van der Waals surface area contributed by atoms with Gasteiger partial charge in [0.25, 0.3) is 0 Å². The summed E-state index contributed by atoms with van der Waals surface area (Å²) in [5.41, 5.74) is 0. The van der Waals surface area contributed by atoms with E-state index in [-0.39, 0.29) is 13.2 Å². The monoisotopic (exact) mass is 396 g/mol. The normalized spacial score (nSPS) is 13.8. The Morgan fingerprint density at radius 1 is 0.708 bits per heavy atom. The average Bonchev–Trinajstić information content (AvgIpc) is 2.37. The maximum absolute atomic E-state index is 8.94. The molecule has 2 N–H and O–H groups in total. The Labute approximate surface area is 152 Å². The number of hydrogen-bond donors (Lipinski definition) is 2. The van der Waals surface area contributed by atoms with Gasteiger partial charge >= 0.3 is 8.56 Å². The molecule has 0 bridgehead atoms. The highest BCUT2D eigenvalue weighted by Crippen LogP contribution is 2.26. The van der Waals surface area contributed by atoms with Gasteiger partial charge in [-0.1, -0.05) is 19.3 Å². The van der Waals surface area contributed by atoms with Crippen molar-refractivity contribution in [3.05, 3.63) is 0 Å². The van der Waals surface area contributed by atoms with Crippen molar-refractivity contribution in [3.63, 3.8) is 0 Å². The molecule has 0 fully saturated rings. The lowest BCUT2D eigenvalue weighted by Gasteiger charge is -2.38. The fourth-order valence-corrected chi connectivity index (χ4v) is 15.3. The molecule has 0 saturated carbocycles. The van der Waals surface area contributed by atoms with Crippen LogP contribution in [0.3, 0.4) is 0 Å². The van der Waals surface area contributed by atoms with Crippen LogP contribution in [0.1, 0.15) is 25.7 Å². The van der Waals surface area contributed by atoms with Crippen LogP contribution in [0.4, 0.5) is 0 Å². The van der Waals surface area contributed by atoms with Crippen molar-refractivity contribution in [2.75, 3.05) is 19.8 Å². The molecule has 0 unspecified atom stereocenters. The zero-order chi connectivity index (χ0) is 18.9. The van der Waals surface area contributed by atoms with Crippen LogP contribution in [0, 0.1) is 0 Å². The minimum absolute atomic E-state index is 0.123. The van der Waals surface area contributed by atoms with E-state index in [0.717, 1.165) is 31.7 Å². The fourth-order valence-electron chi connectivity index (χ4n) is 2.73. The van der Waals surface area contributed by atoms with E-state index in [0.29, 0.717) is 6.61 Å². The van der Waals surface area contributed by atoms with Crippen LogP contribution >= 0.6 is 0 Å². The third-order valence-electron chi connectivity index (χ3n) is 3.33. The summed E-state index contributed by atoms with van der Waals surface area (Å²) in [6, 6.07) is 1.05. The molecule has 8 heteroatoms. The van der Waals surface area contributed by atoms with Crippen molar-refractivity contribution in [1.29, 1.82) is 0 Å². The first kappa shape index (κ1) is 24.5. The minimum Gasteiger partial charge on any atom is -0.437 e. The molecule has 0 aromatic rings. The van der Waals surface area contributed by atoms with Crippen molar-refractivity contribution >= 4 is 25.2 Å². The molecular weight excluding hydrogens is 356 g/mol. The van der Waals surface area contributed by atoms with E-state index >= 15 is 0 Å². The molecule has 0 spiro atoms. The SMILES string of the molecule is C[Si](C)(C)O[Si](C)(CCCCCCOC(CO)CO)O[Si](C)(C)C. The largest absolute Gasteiger partial charge is 0.437 e. The van der Waals surface area contributed by atoms with E-state index in [1.54, 1.807) is 0 Å². The molecule has 0 aromatic heterocycles. The second-order valence-corrected chi connectivity index (χ2v) is 21.4. The standard InChI is InChI=1S/C16H40O5Si3/c1-22(2,3)20-24(7,21-23(4,5)6)13-11-9-8-10-12-19-16(14-17)15-18/h16-18H,8-15H2,1-7H3. The van der Waals surface area contributed by atoms with Gasteiger partial charge in [0.1, 0.15) is 6.10 Å². The van der Waals surface area contributed by atoms with Crippen LogP contribution in [-0.2, 0) is 13.0 Å². The maximum Gasteiger partial charge on any atom is 0.314 e. The summed E-state index contributed by atoms with van der Waals surface area (Å²) in [5, 5.41) is 17.9. The molecule has 0 aliphatic carbocycles. The number of hydrogen-bond acceptors (Lipinski definition) is 5. The van der Waals surface area contributed by atoms with Gasteiger partial charge in [-0.05, 0) is 58.3 Å². The first-order chi connectivity index (χ1) is 10.9. The molecule has 0 heterocycles. The molecular formula is C16H40O5Si3. The van der Waals surface area contributed by atoms with Crippen molar-refractivity contribution in [1.82, 2.24) is 0 Å². The Morgan fingerprint density at radius 2 is 1.17 bits per heavy atom. The van der Waals surface area contributed by atoms with Gasteiger partial charge in [-0.3, -0.25) is 0 Å². The summed E-state index contributed by atoms with van der Waals surface area (Å²) in [7, 11) is -5.30. The molecule has 5 nitrogen and oxygen atoms in total. The topological polar surface area (TPSA) is 68.2 Å². The lowest BCUT2D eigenvalue weighted by molar-refractivity contribution is -0.0208. The Hall–Kier alpha value is 0.451. The minimum atomic E-state index is -2.09. The van der Waals surface area contributed by atoms with Crippen LogP contribution in [0.5, 0.6) is 0 Å². The summed E-state index contributed by atoms with van der Waals surface area (Å²) in [6.07, 6.45) is 3.88. The summed E-state index contributed by atoms with van der Waals surface area (Å²) >= 11 is 0. The van der Waals surface area contributed by atoms with E-state index in [1.807, 2.05) is 0 Å². The molecule has 0 aromatic carbocycles.